The maximum atomic E-state index is 3.84. The van der Waals surface area contributed by atoms with Crippen molar-refractivity contribution < 1.29 is 0 Å². The summed E-state index contributed by atoms with van der Waals surface area (Å²) in [6, 6.07) is 5.27. The van der Waals surface area contributed by atoms with E-state index < -0.39 is 0 Å². The van der Waals surface area contributed by atoms with Crippen LogP contribution < -0.4 is 5.32 Å². The summed E-state index contributed by atoms with van der Waals surface area (Å²) in [6.45, 7) is 8.16. The lowest BCUT2D eigenvalue weighted by molar-refractivity contribution is 0.147. The highest BCUT2D eigenvalue weighted by Crippen LogP contribution is 2.47. The molecule has 0 spiro atoms. The minimum Gasteiger partial charge on any atom is -0.309 e. The maximum absolute atomic E-state index is 3.84. The van der Waals surface area contributed by atoms with Crippen LogP contribution in [0.3, 0.4) is 0 Å². The zero-order chi connectivity index (χ0) is 13.7. The SMILES string of the molecule is CCCNC(c1ccc(CC)s1)C1(C)CCCCC1. The highest BCUT2D eigenvalue weighted by atomic mass is 32.1. The van der Waals surface area contributed by atoms with Gasteiger partial charge in [-0.05, 0) is 49.8 Å². The van der Waals surface area contributed by atoms with Crippen LogP contribution in [-0.2, 0) is 6.42 Å². The molecule has 1 aromatic rings. The third kappa shape index (κ3) is 3.61. The molecule has 1 aromatic heterocycles. The smallest absolute Gasteiger partial charge is 0.0469 e. The van der Waals surface area contributed by atoms with Crippen molar-refractivity contribution >= 4 is 11.3 Å². The van der Waals surface area contributed by atoms with Gasteiger partial charge in [0.2, 0.25) is 0 Å². The highest BCUT2D eigenvalue weighted by Gasteiger charge is 2.36. The summed E-state index contributed by atoms with van der Waals surface area (Å²) in [6.07, 6.45) is 9.41. The molecule has 1 nitrogen and oxygen atoms in total. The Morgan fingerprint density at radius 2 is 1.95 bits per heavy atom. The van der Waals surface area contributed by atoms with Crippen LogP contribution in [0.1, 0.15) is 75.1 Å². The Kier molecular flexibility index (Phi) is 5.47. The number of nitrogens with one attached hydrogen (secondary N) is 1. The molecule has 2 rings (SSSR count). The van der Waals surface area contributed by atoms with E-state index in [9.17, 15) is 0 Å². The number of thiophene rings is 1. The lowest BCUT2D eigenvalue weighted by atomic mass is 9.70. The van der Waals surface area contributed by atoms with Crippen LogP contribution in [0, 0.1) is 5.41 Å². The molecular weight excluding hydrogens is 250 g/mol. The fourth-order valence-corrected chi connectivity index (χ4v) is 4.57. The zero-order valence-electron chi connectivity index (χ0n) is 12.8. The minimum absolute atomic E-state index is 0.462. The standard InChI is InChI=1S/C17H29NS/c1-4-13-18-16(15-10-9-14(5-2)19-15)17(3)11-7-6-8-12-17/h9-10,16,18H,4-8,11-13H2,1-3H3. The topological polar surface area (TPSA) is 12.0 Å². The second-order valence-corrected chi connectivity index (χ2v) is 7.46. The van der Waals surface area contributed by atoms with E-state index in [4.69, 9.17) is 0 Å². The Morgan fingerprint density at radius 1 is 1.21 bits per heavy atom. The van der Waals surface area contributed by atoms with Crippen LogP contribution in [0.4, 0.5) is 0 Å². The average Bonchev–Trinajstić information content (AvgIpc) is 2.88. The summed E-state index contributed by atoms with van der Waals surface area (Å²) in [7, 11) is 0. The molecule has 1 unspecified atom stereocenters. The molecule has 1 heterocycles. The van der Waals surface area contributed by atoms with Crippen molar-refractivity contribution in [2.75, 3.05) is 6.54 Å². The van der Waals surface area contributed by atoms with Crippen LogP contribution in [0.25, 0.3) is 0 Å². The Labute approximate surface area is 122 Å². The Hall–Kier alpha value is -0.340. The molecular formula is C17H29NS. The quantitative estimate of drug-likeness (QED) is 0.743. The maximum Gasteiger partial charge on any atom is 0.0469 e. The van der Waals surface area contributed by atoms with E-state index in [0.29, 0.717) is 11.5 Å². The Morgan fingerprint density at radius 3 is 2.53 bits per heavy atom. The van der Waals surface area contributed by atoms with Crippen molar-refractivity contribution in [3.05, 3.63) is 21.9 Å². The lowest BCUT2D eigenvalue weighted by Crippen LogP contribution is -2.37. The van der Waals surface area contributed by atoms with E-state index in [1.807, 2.05) is 11.3 Å². The fourth-order valence-electron chi connectivity index (χ4n) is 3.37. The van der Waals surface area contributed by atoms with Crippen molar-refractivity contribution in [3.8, 4) is 0 Å². The van der Waals surface area contributed by atoms with E-state index in [0.717, 1.165) is 6.54 Å². The summed E-state index contributed by atoms with van der Waals surface area (Å²) in [5, 5.41) is 3.84. The molecule has 108 valence electrons. The van der Waals surface area contributed by atoms with Gasteiger partial charge in [-0.2, -0.15) is 0 Å². The monoisotopic (exact) mass is 279 g/mol. The van der Waals surface area contributed by atoms with Crippen LogP contribution in [0.15, 0.2) is 12.1 Å². The van der Waals surface area contributed by atoms with Crippen molar-refractivity contribution in [2.45, 2.75) is 71.8 Å². The molecule has 1 N–H and O–H groups in total. The summed E-state index contributed by atoms with van der Waals surface area (Å²) < 4.78 is 0. The summed E-state index contributed by atoms with van der Waals surface area (Å²) in [5.74, 6) is 0. The van der Waals surface area contributed by atoms with Crippen molar-refractivity contribution in [1.82, 2.24) is 5.32 Å². The first kappa shape index (κ1) is 15.1. The molecule has 19 heavy (non-hydrogen) atoms. The van der Waals surface area contributed by atoms with Gasteiger partial charge in [0.1, 0.15) is 0 Å². The molecule has 0 saturated heterocycles. The van der Waals surface area contributed by atoms with Crippen LogP contribution in [0.2, 0.25) is 0 Å². The van der Waals surface area contributed by atoms with Gasteiger partial charge < -0.3 is 5.32 Å². The normalized spacial score (nSPS) is 20.4. The van der Waals surface area contributed by atoms with Gasteiger partial charge in [-0.1, -0.05) is 40.0 Å². The van der Waals surface area contributed by atoms with Gasteiger partial charge >= 0.3 is 0 Å². The average molecular weight is 279 g/mol. The molecule has 0 bridgehead atoms. The fraction of sp³-hybridized carbons (Fsp3) is 0.765. The summed E-state index contributed by atoms with van der Waals surface area (Å²) in [5.41, 5.74) is 0.462. The molecule has 1 aliphatic rings. The zero-order valence-corrected chi connectivity index (χ0v) is 13.6. The Balaban J connectivity index is 2.18. The molecule has 0 radical (unpaired) electrons. The Bertz CT molecular complexity index is 376. The second-order valence-electron chi connectivity index (χ2n) is 6.26. The van der Waals surface area contributed by atoms with Crippen LogP contribution in [-0.4, -0.2) is 6.54 Å². The molecule has 1 aliphatic carbocycles. The number of hydrogen-bond donors (Lipinski definition) is 1. The first-order chi connectivity index (χ1) is 9.19. The highest BCUT2D eigenvalue weighted by molar-refractivity contribution is 7.12. The van der Waals surface area contributed by atoms with Gasteiger partial charge in [-0.15, -0.1) is 11.3 Å². The second kappa shape index (κ2) is 6.90. The van der Waals surface area contributed by atoms with Crippen molar-refractivity contribution in [1.29, 1.82) is 0 Å². The first-order valence-electron chi connectivity index (χ1n) is 8.01. The summed E-state index contributed by atoms with van der Waals surface area (Å²) in [4.78, 5) is 3.09. The van der Waals surface area contributed by atoms with Gasteiger partial charge in [-0.3, -0.25) is 0 Å². The van der Waals surface area contributed by atoms with Crippen LogP contribution >= 0.6 is 11.3 Å². The van der Waals surface area contributed by atoms with E-state index in [-0.39, 0.29) is 0 Å². The van der Waals surface area contributed by atoms with E-state index in [1.165, 1.54) is 49.8 Å². The molecule has 0 aliphatic heterocycles. The van der Waals surface area contributed by atoms with Gasteiger partial charge in [0, 0.05) is 15.8 Å². The molecule has 2 heteroatoms. The third-order valence-electron chi connectivity index (χ3n) is 4.61. The van der Waals surface area contributed by atoms with Gasteiger partial charge in [0.05, 0.1) is 0 Å². The van der Waals surface area contributed by atoms with Gasteiger partial charge in [0.25, 0.3) is 0 Å². The largest absolute Gasteiger partial charge is 0.309 e. The number of rotatable bonds is 6. The van der Waals surface area contributed by atoms with E-state index >= 15 is 0 Å². The van der Waals surface area contributed by atoms with E-state index in [1.54, 1.807) is 4.88 Å². The third-order valence-corrected chi connectivity index (χ3v) is 5.90. The molecule has 1 fully saturated rings. The number of hydrogen-bond acceptors (Lipinski definition) is 2. The predicted molar refractivity (Wildman–Crippen MR) is 85.9 cm³/mol. The summed E-state index contributed by atoms with van der Waals surface area (Å²) >= 11 is 2.02. The molecule has 1 saturated carbocycles. The lowest BCUT2D eigenvalue weighted by Gasteiger charge is -2.41. The molecule has 1 atom stereocenters. The van der Waals surface area contributed by atoms with Crippen LogP contribution in [0.5, 0.6) is 0 Å². The molecule has 0 aromatic carbocycles. The molecule has 0 amide bonds. The predicted octanol–water partition coefficient (Wildman–Crippen LogP) is 5.32. The van der Waals surface area contributed by atoms with Crippen molar-refractivity contribution in [3.63, 3.8) is 0 Å². The minimum atomic E-state index is 0.462. The van der Waals surface area contributed by atoms with E-state index in [2.05, 4.69) is 38.2 Å². The first-order valence-corrected chi connectivity index (χ1v) is 8.83. The van der Waals surface area contributed by atoms with Gasteiger partial charge in [0.15, 0.2) is 0 Å². The van der Waals surface area contributed by atoms with Gasteiger partial charge in [-0.25, -0.2) is 0 Å². The van der Waals surface area contributed by atoms with Crippen molar-refractivity contribution in [2.24, 2.45) is 5.41 Å². The number of aryl methyl sites for hydroxylation is 1.